The highest BCUT2D eigenvalue weighted by Crippen LogP contribution is 2.43. The van der Waals surface area contributed by atoms with Crippen molar-refractivity contribution in [1.29, 1.82) is 0 Å². The fourth-order valence-corrected chi connectivity index (χ4v) is 7.39. The Morgan fingerprint density at radius 2 is 1.06 bits per heavy atom. The fraction of sp³-hybridized carbons (Fsp3) is 0.154. The summed E-state index contributed by atoms with van der Waals surface area (Å²) in [6, 6.07) is 38.0. The highest BCUT2D eigenvalue weighted by Gasteiger charge is 2.36. The van der Waals surface area contributed by atoms with E-state index >= 15 is 0 Å². The number of para-hydroxylation sites is 3. The number of aromatic nitrogens is 4. The fourth-order valence-electron chi connectivity index (χ4n) is 7.39. The molecular weight excluding hydrogens is 637 g/mol. The number of rotatable bonds is 6. The van der Waals surface area contributed by atoms with Crippen LogP contribution in [0.25, 0.3) is 34.2 Å². The molecule has 2 aromatic heterocycles. The maximum Gasteiger partial charge on any atom is 0.175 e. The van der Waals surface area contributed by atoms with Gasteiger partial charge in [0.25, 0.3) is 0 Å². The van der Waals surface area contributed by atoms with E-state index in [1.807, 2.05) is 24.4 Å². The molecule has 6 aromatic rings. The Morgan fingerprint density at radius 3 is 1.61 bits per heavy atom. The van der Waals surface area contributed by atoms with E-state index in [1.54, 1.807) is 0 Å². The number of aliphatic imine (C=N–C) groups is 1. The lowest BCUT2D eigenvalue weighted by molar-refractivity contribution is 0.624. The number of nitrogens with one attached hydrogen (secondary N) is 6. The summed E-state index contributed by atoms with van der Waals surface area (Å²) in [5.74, 6) is 6.98. The van der Waals surface area contributed by atoms with E-state index < -0.39 is 0 Å². The van der Waals surface area contributed by atoms with Crippen LogP contribution in [0.4, 0.5) is 29.0 Å². The third kappa shape index (κ3) is 4.94. The molecule has 12 heteroatoms. The van der Waals surface area contributed by atoms with Crippen LogP contribution in [-0.4, -0.2) is 58.0 Å². The summed E-state index contributed by atoms with van der Waals surface area (Å²) in [6.07, 6.45) is 1.65. The molecule has 0 saturated carbocycles. The maximum absolute atomic E-state index is 5.25. The van der Waals surface area contributed by atoms with Crippen molar-refractivity contribution in [2.45, 2.75) is 6.17 Å². The summed E-state index contributed by atoms with van der Waals surface area (Å²) in [5.41, 5.74) is 6.06. The minimum atomic E-state index is -0.268. The summed E-state index contributed by atoms with van der Waals surface area (Å²) in [5, 5.41) is 21.6. The van der Waals surface area contributed by atoms with Crippen molar-refractivity contribution in [2.24, 2.45) is 4.99 Å². The number of fused-ring (bicyclic) bond motifs is 2. The van der Waals surface area contributed by atoms with Crippen molar-refractivity contribution in [1.82, 2.24) is 29.7 Å². The normalized spacial score (nSPS) is 17.2. The third-order valence-electron chi connectivity index (χ3n) is 9.60. The molecule has 4 aromatic carbocycles. The molecule has 6 N–H and O–H groups in total. The van der Waals surface area contributed by atoms with Crippen molar-refractivity contribution in [2.75, 3.05) is 58.9 Å². The van der Waals surface area contributed by atoms with Gasteiger partial charge in [0.1, 0.15) is 23.6 Å². The maximum atomic E-state index is 5.25. The van der Waals surface area contributed by atoms with Crippen molar-refractivity contribution < 1.29 is 0 Å². The first kappa shape index (κ1) is 29.2. The molecule has 0 amide bonds. The van der Waals surface area contributed by atoms with Crippen molar-refractivity contribution >= 4 is 35.2 Å². The average molecular weight is 673 g/mol. The second-order valence-corrected chi connectivity index (χ2v) is 12.8. The number of imidazole rings is 2. The smallest absolute Gasteiger partial charge is 0.175 e. The van der Waals surface area contributed by atoms with Crippen LogP contribution in [0.1, 0.15) is 11.7 Å². The average Bonchev–Trinajstić information content (AvgIpc) is 3.91. The van der Waals surface area contributed by atoms with Crippen LogP contribution < -0.4 is 36.8 Å². The van der Waals surface area contributed by atoms with Crippen LogP contribution in [-0.2, 0) is 0 Å². The Balaban J connectivity index is 1.22. The molecule has 10 rings (SSSR count). The van der Waals surface area contributed by atoms with Gasteiger partial charge in [0.15, 0.2) is 29.1 Å². The van der Waals surface area contributed by atoms with Crippen LogP contribution in [0.3, 0.4) is 0 Å². The molecule has 0 spiro atoms. The molecule has 51 heavy (non-hydrogen) atoms. The molecule has 4 aliphatic rings. The number of hydrogen-bond acceptors (Lipinski definition) is 10. The summed E-state index contributed by atoms with van der Waals surface area (Å²) in [6.45, 7) is 3.86. The summed E-state index contributed by atoms with van der Waals surface area (Å²) >= 11 is 0. The summed E-state index contributed by atoms with van der Waals surface area (Å²) in [7, 11) is 0. The Labute approximate surface area is 295 Å². The van der Waals surface area contributed by atoms with Gasteiger partial charge in [-0.2, -0.15) is 0 Å². The standard InChI is InChI=1S/C39H36N12/c1-4-10-28(11-5-1)49-34(46-31-37(49)43-19-16-40-31)25-22-26(35-47-32-38(44-20-17-41-32)50(35)29-12-6-2-7-13-29)24-27(23-25)36-48-33-39(45-21-18-42-33)51(36)30-14-8-3-9-15-30/h1-15,19,22-24,34,40-42,44-46H,16-18,20-21H2. The van der Waals surface area contributed by atoms with Gasteiger partial charge < -0.3 is 31.9 Å². The van der Waals surface area contributed by atoms with E-state index in [0.717, 1.165) is 106 Å². The van der Waals surface area contributed by atoms with Gasteiger partial charge in [0, 0.05) is 60.6 Å². The first-order chi connectivity index (χ1) is 25.3. The highest BCUT2D eigenvalue weighted by atomic mass is 15.4. The number of benzene rings is 4. The molecule has 12 nitrogen and oxygen atoms in total. The largest absolute Gasteiger partial charge is 0.366 e. The molecule has 0 fully saturated rings. The van der Waals surface area contributed by atoms with Gasteiger partial charge in [0.05, 0.1) is 6.54 Å². The Hall–Kier alpha value is -6.69. The second kappa shape index (κ2) is 12.0. The van der Waals surface area contributed by atoms with E-state index in [4.69, 9.17) is 15.0 Å². The number of anilines is 5. The van der Waals surface area contributed by atoms with Crippen molar-refractivity contribution in [3.63, 3.8) is 0 Å². The van der Waals surface area contributed by atoms with Crippen LogP contribution in [0.2, 0.25) is 0 Å². The van der Waals surface area contributed by atoms with Gasteiger partial charge in [-0.1, -0.05) is 54.6 Å². The number of nitrogens with zero attached hydrogens (tertiary/aromatic N) is 6. The number of hydrogen-bond donors (Lipinski definition) is 6. The lowest BCUT2D eigenvalue weighted by Gasteiger charge is -2.28. The summed E-state index contributed by atoms with van der Waals surface area (Å²) in [4.78, 5) is 17.6. The lowest BCUT2D eigenvalue weighted by atomic mass is 10.0. The van der Waals surface area contributed by atoms with E-state index in [-0.39, 0.29) is 6.17 Å². The van der Waals surface area contributed by atoms with Gasteiger partial charge >= 0.3 is 0 Å². The topological polar surface area (TPSA) is 123 Å². The van der Waals surface area contributed by atoms with Crippen LogP contribution >= 0.6 is 0 Å². The molecule has 1 atom stereocenters. The molecule has 0 aliphatic carbocycles. The molecule has 1 unspecified atom stereocenters. The zero-order chi connectivity index (χ0) is 33.7. The molecule has 252 valence electrons. The van der Waals surface area contributed by atoms with E-state index in [2.05, 4.69) is 137 Å². The Bertz CT molecular complexity index is 2190. The molecule has 4 aliphatic heterocycles. The van der Waals surface area contributed by atoms with Gasteiger partial charge in [-0.3, -0.25) is 14.0 Å². The Kier molecular flexibility index (Phi) is 6.89. The van der Waals surface area contributed by atoms with Crippen LogP contribution in [0, 0.1) is 0 Å². The third-order valence-corrected chi connectivity index (χ3v) is 9.60. The molecule has 6 heterocycles. The second-order valence-electron chi connectivity index (χ2n) is 12.8. The van der Waals surface area contributed by atoms with E-state index in [1.165, 1.54) is 0 Å². The first-order valence-corrected chi connectivity index (χ1v) is 17.4. The SMILES string of the molecule is C1=NC2=C(NC1)NC(c1cc(-c3nc4c(n3-c3ccccc3)NCCN4)cc(-c3nc4c(n3-c3ccccc3)NCCN4)c1)N2c1ccccc1. The van der Waals surface area contributed by atoms with Crippen LogP contribution in [0.15, 0.2) is 126 Å². The van der Waals surface area contributed by atoms with Gasteiger partial charge in [-0.15, -0.1) is 0 Å². The minimum Gasteiger partial charge on any atom is -0.366 e. The van der Waals surface area contributed by atoms with Crippen molar-refractivity contribution in [3.8, 4) is 34.2 Å². The van der Waals surface area contributed by atoms with E-state index in [0.29, 0.717) is 6.54 Å². The first-order valence-electron chi connectivity index (χ1n) is 17.4. The zero-order valence-electron chi connectivity index (χ0n) is 27.8. The van der Waals surface area contributed by atoms with Crippen LogP contribution in [0.5, 0.6) is 0 Å². The van der Waals surface area contributed by atoms with Gasteiger partial charge in [-0.25, -0.2) is 15.0 Å². The highest BCUT2D eigenvalue weighted by molar-refractivity contribution is 5.81. The molecule has 0 radical (unpaired) electrons. The predicted octanol–water partition coefficient (Wildman–Crippen LogP) is 5.98. The quantitative estimate of drug-likeness (QED) is 0.127. The van der Waals surface area contributed by atoms with Gasteiger partial charge in [-0.05, 0) is 60.2 Å². The molecule has 0 bridgehead atoms. The zero-order valence-corrected chi connectivity index (χ0v) is 27.8. The summed E-state index contributed by atoms with van der Waals surface area (Å²) < 4.78 is 4.43. The van der Waals surface area contributed by atoms with Gasteiger partial charge in [0.2, 0.25) is 0 Å². The van der Waals surface area contributed by atoms with E-state index in [9.17, 15) is 0 Å². The predicted molar refractivity (Wildman–Crippen MR) is 204 cm³/mol. The molecular formula is C39H36N12. The lowest BCUT2D eigenvalue weighted by Crippen LogP contribution is -2.30. The van der Waals surface area contributed by atoms with Crippen molar-refractivity contribution in [3.05, 3.63) is 126 Å². The minimum absolute atomic E-state index is 0.268. The monoisotopic (exact) mass is 672 g/mol. The Morgan fingerprint density at radius 1 is 0.549 bits per heavy atom. The molecule has 0 saturated heterocycles.